The molecule has 2 rings (SSSR count). The van der Waals surface area contributed by atoms with Crippen molar-refractivity contribution in [2.75, 3.05) is 25.6 Å². The molecule has 0 aliphatic rings. The monoisotopic (exact) mass is 313 g/mol. The fourth-order valence-corrected chi connectivity index (χ4v) is 1.98. The van der Waals surface area contributed by atoms with Gasteiger partial charge in [-0.3, -0.25) is 0 Å². The highest BCUT2D eigenvalue weighted by Gasteiger charge is 1.98. The zero-order chi connectivity index (χ0) is 16.5. The van der Waals surface area contributed by atoms with E-state index < -0.39 is 0 Å². The summed E-state index contributed by atoms with van der Waals surface area (Å²) < 4.78 is 10.5. The van der Waals surface area contributed by atoms with Crippen molar-refractivity contribution in [2.45, 2.75) is 13.5 Å². The average Bonchev–Trinajstić information content (AvgIpc) is 2.56. The molecule has 0 aromatic heterocycles. The van der Waals surface area contributed by atoms with Crippen molar-refractivity contribution < 1.29 is 9.47 Å². The molecule has 0 aliphatic carbocycles. The molecule has 3 N–H and O–H groups in total. The van der Waals surface area contributed by atoms with Crippen molar-refractivity contribution in [3.63, 3.8) is 0 Å². The number of aryl methyl sites for hydroxylation is 1. The maximum absolute atomic E-state index is 5.92. The Labute approximate surface area is 137 Å². The Morgan fingerprint density at radius 3 is 2.65 bits per heavy atom. The lowest BCUT2D eigenvalue weighted by Crippen LogP contribution is -2.22. The van der Waals surface area contributed by atoms with Crippen LogP contribution in [0.5, 0.6) is 5.75 Å². The zero-order valence-corrected chi connectivity index (χ0v) is 13.6. The van der Waals surface area contributed by atoms with Crippen molar-refractivity contribution in [3.8, 4) is 5.75 Å². The van der Waals surface area contributed by atoms with Crippen LogP contribution in [-0.2, 0) is 11.3 Å². The van der Waals surface area contributed by atoms with Crippen LogP contribution < -0.4 is 15.8 Å². The van der Waals surface area contributed by atoms with Gasteiger partial charge in [-0.05, 0) is 36.8 Å². The van der Waals surface area contributed by atoms with Gasteiger partial charge in [0.2, 0.25) is 0 Å². The van der Waals surface area contributed by atoms with Crippen LogP contribution in [0.1, 0.15) is 11.1 Å². The first-order chi connectivity index (χ1) is 11.2. The third kappa shape index (κ3) is 6.00. The van der Waals surface area contributed by atoms with Crippen LogP contribution in [0, 0.1) is 6.92 Å². The molecule has 0 unspecified atom stereocenters. The van der Waals surface area contributed by atoms with Gasteiger partial charge >= 0.3 is 0 Å². The molecule has 2 aromatic carbocycles. The Hall–Kier alpha value is -2.53. The summed E-state index contributed by atoms with van der Waals surface area (Å²) in [6.45, 7) is 3.63. The lowest BCUT2D eigenvalue weighted by molar-refractivity contribution is 0.146. The lowest BCUT2D eigenvalue weighted by atomic mass is 10.2. The van der Waals surface area contributed by atoms with Gasteiger partial charge in [-0.15, -0.1) is 0 Å². The summed E-state index contributed by atoms with van der Waals surface area (Å²) in [7, 11) is 1.65. The van der Waals surface area contributed by atoms with Crippen molar-refractivity contribution >= 4 is 11.6 Å². The van der Waals surface area contributed by atoms with E-state index in [-0.39, 0.29) is 0 Å². The summed E-state index contributed by atoms with van der Waals surface area (Å²) in [6, 6.07) is 15.8. The SMILES string of the molecule is COCCOc1cccc(CN=C(N)Nc2ccc(C)cc2)c1. The summed E-state index contributed by atoms with van der Waals surface area (Å²) in [6.07, 6.45) is 0. The van der Waals surface area contributed by atoms with E-state index in [0.29, 0.717) is 25.7 Å². The van der Waals surface area contributed by atoms with Gasteiger partial charge < -0.3 is 20.5 Å². The molecule has 2 aromatic rings. The summed E-state index contributed by atoms with van der Waals surface area (Å²) >= 11 is 0. The van der Waals surface area contributed by atoms with Gasteiger partial charge in [-0.25, -0.2) is 4.99 Å². The number of nitrogens with two attached hydrogens (primary N) is 1. The number of guanidine groups is 1. The molecule has 0 atom stereocenters. The van der Waals surface area contributed by atoms with Gasteiger partial charge in [-0.1, -0.05) is 29.8 Å². The van der Waals surface area contributed by atoms with Crippen molar-refractivity contribution in [1.29, 1.82) is 0 Å². The van der Waals surface area contributed by atoms with Gasteiger partial charge in [0, 0.05) is 12.8 Å². The standard InChI is InChI=1S/C18H23N3O2/c1-14-6-8-16(9-7-14)21-18(19)20-13-15-4-3-5-17(12-15)23-11-10-22-2/h3-9,12H,10-11,13H2,1-2H3,(H3,19,20,21). The number of anilines is 1. The number of nitrogens with zero attached hydrogens (tertiary/aromatic N) is 1. The average molecular weight is 313 g/mol. The second-order valence-corrected chi connectivity index (χ2v) is 5.18. The first kappa shape index (κ1) is 16.8. The van der Waals surface area contributed by atoms with Crippen molar-refractivity contribution in [1.82, 2.24) is 0 Å². The molecular formula is C18H23N3O2. The van der Waals surface area contributed by atoms with Gasteiger partial charge in [0.1, 0.15) is 12.4 Å². The quantitative estimate of drug-likeness (QED) is 0.468. The van der Waals surface area contributed by atoms with Crippen LogP contribution in [-0.4, -0.2) is 26.3 Å². The van der Waals surface area contributed by atoms with Crippen LogP contribution >= 0.6 is 0 Å². The van der Waals surface area contributed by atoms with Gasteiger partial charge in [0.05, 0.1) is 13.2 Å². The topological polar surface area (TPSA) is 68.9 Å². The number of aliphatic imine (C=N–C) groups is 1. The summed E-state index contributed by atoms with van der Waals surface area (Å²) in [5.74, 6) is 1.19. The first-order valence-electron chi connectivity index (χ1n) is 7.51. The molecule has 0 heterocycles. The predicted octanol–water partition coefficient (Wildman–Crippen LogP) is 2.95. The molecule has 23 heavy (non-hydrogen) atoms. The minimum absolute atomic E-state index is 0.388. The third-order valence-electron chi connectivity index (χ3n) is 3.21. The highest BCUT2D eigenvalue weighted by atomic mass is 16.5. The molecule has 5 heteroatoms. The molecule has 0 amide bonds. The number of rotatable bonds is 7. The normalized spacial score (nSPS) is 11.3. The first-order valence-corrected chi connectivity index (χ1v) is 7.51. The van der Waals surface area contributed by atoms with Crippen molar-refractivity contribution in [2.24, 2.45) is 10.7 Å². The fourth-order valence-electron chi connectivity index (χ4n) is 1.98. The zero-order valence-electron chi connectivity index (χ0n) is 13.6. The highest BCUT2D eigenvalue weighted by Crippen LogP contribution is 2.14. The predicted molar refractivity (Wildman–Crippen MR) is 93.9 cm³/mol. The van der Waals surface area contributed by atoms with E-state index in [1.165, 1.54) is 5.56 Å². The molecule has 0 saturated heterocycles. The number of nitrogens with one attached hydrogen (secondary N) is 1. The molecule has 0 spiro atoms. The van der Waals surface area contributed by atoms with E-state index in [1.807, 2.05) is 55.5 Å². The van der Waals surface area contributed by atoms with Crippen LogP contribution in [0.15, 0.2) is 53.5 Å². The van der Waals surface area contributed by atoms with Crippen LogP contribution in [0.3, 0.4) is 0 Å². The molecular weight excluding hydrogens is 290 g/mol. The third-order valence-corrected chi connectivity index (χ3v) is 3.21. The molecule has 0 fully saturated rings. The largest absolute Gasteiger partial charge is 0.491 e. The van der Waals surface area contributed by atoms with Gasteiger partial charge in [0.15, 0.2) is 5.96 Å². The molecule has 0 aliphatic heterocycles. The molecule has 0 saturated carbocycles. The maximum atomic E-state index is 5.92. The van der Waals surface area contributed by atoms with Crippen LogP contribution in [0.2, 0.25) is 0 Å². The van der Waals surface area contributed by atoms with E-state index in [4.69, 9.17) is 15.2 Å². The molecule has 122 valence electrons. The van der Waals surface area contributed by atoms with Crippen molar-refractivity contribution in [3.05, 3.63) is 59.7 Å². The second kappa shape index (κ2) is 8.80. The number of ether oxygens (including phenoxy) is 2. The highest BCUT2D eigenvalue weighted by molar-refractivity contribution is 5.92. The smallest absolute Gasteiger partial charge is 0.193 e. The number of hydrogen-bond acceptors (Lipinski definition) is 3. The molecule has 0 radical (unpaired) electrons. The summed E-state index contributed by atoms with van der Waals surface area (Å²) in [5, 5.41) is 3.08. The summed E-state index contributed by atoms with van der Waals surface area (Å²) in [5.41, 5.74) is 9.08. The Morgan fingerprint density at radius 2 is 1.91 bits per heavy atom. The van der Waals surface area contributed by atoms with E-state index in [0.717, 1.165) is 17.0 Å². The van der Waals surface area contributed by atoms with E-state index in [2.05, 4.69) is 10.3 Å². The van der Waals surface area contributed by atoms with Crippen LogP contribution in [0.4, 0.5) is 5.69 Å². The van der Waals surface area contributed by atoms with E-state index in [1.54, 1.807) is 7.11 Å². The molecule has 0 bridgehead atoms. The summed E-state index contributed by atoms with van der Waals surface area (Å²) in [4.78, 5) is 4.35. The molecule has 5 nitrogen and oxygen atoms in total. The lowest BCUT2D eigenvalue weighted by Gasteiger charge is -2.08. The minimum atomic E-state index is 0.388. The number of benzene rings is 2. The van der Waals surface area contributed by atoms with Crippen LogP contribution in [0.25, 0.3) is 0 Å². The Bertz CT molecular complexity index is 639. The second-order valence-electron chi connectivity index (χ2n) is 5.18. The maximum Gasteiger partial charge on any atom is 0.193 e. The van der Waals surface area contributed by atoms with Gasteiger partial charge in [0.25, 0.3) is 0 Å². The number of methoxy groups -OCH3 is 1. The van der Waals surface area contributed by atoms with E-state index >= 15 is 0 Å². The van der Waals surface area contributed by atoms with E-state index in [9.17, 15) is 0 Å². The Morgan fingerprint density at radius 1 is 1.13 bits per heavy atom. The fraction of sp³-hybridized carbons (Fsp3) is 0.278. The van der Waals surface area contributed by atoms with Gasteiger partial charge in [-0.2, -0.15) is 0 Å². The minimum Gasteiger partial charge on any atom is -0.491 e. The Kier molecular flexibility index (Phi) is 6.44. The number of hydrogen-bond donors (Lipinski definition) is 2. The Balaban J connectivity index is 1.90.